The van der Waals surface area contributed by atoms with Crippen LogP contribution in [0.5, 0.6) is 0 Å². The maximum atomic E-state index is 3.53. The van der Waals surface area contributed by atoms with Crippen molar-refractivity contribution in [3.63, 3.8) is 0 Å². The number of hydrogen-bond donors (Lipinski definition) is 2. The lowest BCUT2D eigenvalue weighted by Gasteiger charge is -2.33. The predicted octanol–water partition coefficient (Wildman–Crippen LogP) is 0.916. The summed E-state index contributed by atoms with van der Waals surface area (Å²) >= 11 is 0. The Hall–Kier alpha value is -0.120. The average molecular weight is 213 g/mol. The van der Waals surface area contributed by atoms with Crippen molar-refractivity contribution in [3.05, 3.63) is 0 Å². The molecule has 1 saturated heterocycles. The lowest BCUT2D eigenvalue weighted by molar-refractivity contribution is 0.189. The first-order valence-corrected chi connectivity index (χ1v) is 6.32. The molecule has 1 aliphatic rings. The van der Waals surface area contributed by atoms with Crippen LogP contribution in [0.2, 0.25) is 0 Å². The van der Waals surface area contributed by atoms with Crippen molar-refractivity contribution in [1.82, 2.24) is 15.5 Å². The van der Waals surface area contributed by atoms with Crippen molar-refractivity contribution in [1.29, 1.82) is 0 Å². The molecule has 3 nitrogen and oxygen atoms in total. The second kappa shape index (κ2) is 7.20. The van der Waals surface area contributed by atoms with E-state index < -0.39 is 0 Å². The van der Waals surface area contributed by atoms with Gasteiger partial charge in [-0.25, -0.2) is 0 Å². The van der Waals surface area contributed by atoms with Gasteiger partial charge in [0.25, 0.3) is 0 Å². The van der Waals surface area contributed by atoms with Crippen LogP contribution >= 0.6 is 0 Å². The van der Waals surface area contributed by atoms with E-state index in [-0.39, 0.29) is 0 Å². The lowest BCUT2D eigenvalue weighted by atomic mass is 10.1. The van der Waals surface area contributed by atoms with E-state index in [1.54, 1.807) is 0 Å². The molecule has 3 heteroatoms. The molecule has 0 bridgehead atoms. The summed E-state index contributed by atoms with van der Waals surface area (Å²) in [5.41, 5.74) is 0. The Morgan fingerprint density at radius 2 is 2.20 bits per heavy atom. The maximum Gasteiger partial charge on any atom is 0.0230 e. The molecule has 2 N–H and O–H groups in total. The van der Waals surface area contributed by atoms with Crippen LogP contribution in [0.15, 0.2) is 0 Å². The quantitative estimate of drug-likeness (QED) is 0.642. The standard InChI is InChI=1S/C12H27N3/c1-11(2)4-6-13-7-5-12-10-14-8-9-15(12)3/h11-14H,4-10H2,1-3H3. The van der Waals surface area contributed by atoms with Gasteiger partial charge in [-0.3, -0.25) is 0 Å². The van der Waals surface area contributed by atoms with Crippen LogP contribution < -0.4 is 10.6 Å². The fourth-order valence-corrected chi connectivity index (χ4v) is 1.97. The van der Waals surface area contributed by atoms with Crippen molar-refractivity contribution < 1.29 is 0 Å². The smallest absolute Gasteiger partial charge is 0.0230 e. The number of piperazine rings is 1. The first-order chi connectivity index (χ1) is 7.20. The van der Waals surface area contributed by atoms with E-state index in [0.29, 0.717) is 0 Å². The Morgan fingerprint density at radius 1 is 1.40 bits per heavy atom. The van der Waals surface area contributed by atoms with Gasteiger partial charge in [-0.15, -0.1) is 0 Å². The molecular weight excluding hydrogens is 186 g/mol. The zero-order valence-corrected chi connectivity index (χ0v) is 10.6. The molecule has 0 amide bonds. The Bertz CT molecular complexity index is 159. The summed E-state index contributed by atoms with van der Waals surface area (Å²) in [6.07, 6.45) is 2.56. The van der Waals surface area contributed by atoms with E-state index in [9.17, 15) is 0 Å². The summed E-state index contributed by atoms with van der Waals surface area (Å²) in [7, 11) is 2.24. The van der Waals surface area contributed by atoms with Crippen molar-refractivity contribution in [2.75, 3.05) is 39.8 Å². The van der Waals surface area contributed by atoms with Gasteiger partial charge in [-0.2, -0.15) is 0 Å². The van der Waals surface area contributed by atoms with Crippen molar-refractivity contribution in [2.24, 2.45) is 5.92 Å². The Morgan fingerprint density at radius 3 is 2.87 bits per heavy atom. The van der Waals surface area contributed by atoms with E-state index in [2.05, 4.69) is 36.4 Å². The third-order valence-corrected chi connectivity index (χ3v) is 3.20. The summed E-state index contributed by atoms with van der Waals surface area (Å²) in [5, 5.41) is 6.99. The minimum absolute atomic E-state index is 0.727. The van der Waals surface area contributed by atoms with Crippen LogP contribution in [0.3, 0.4) is 0 Å². The number of hydrogen-bond acceptors (Lipinski definition) is 3. The van der Waals surface area contributed by atoms with Gasteiger partial charge < -0.3 is 15.5 Å². The summed E-state index contributed by atoms with van der Waals surface area (Å²) in [4.78, 5) is 2.47. The van der Waals surface area contributed by atoms with Gasteiger partial charge in [-0.1, -0.05) is 13.8 Å². The SMILES string of the molecule is CC(C)CCNCCC1CNCCN1C. The summed E-state index contributed by atoms with van der Waals surface area (Å²) in [5.74, 6) is 0.816. The van der Waals surface area contributed by atoms with Crippen molar-refractivity contribution in [2.45, 2.75) is 32.7 Å². The number of nitrogens with one attached hydrogen (secondary N) is 2. The normalized spacial score (nSPS) is 23.6. The Kier molecular flexibility index (Phi) is 6.22. The van der Waals surface area contributed by atoms with Crippen LogP contribution in [-0.4, -0.2) is 50.7 Å². The third-order valence-electron chi connectivity index (χ3n) is 3.20. The van der Waals surface area contributed by atoms with Gasteiger partial charge in [0.15, 0.2) is 0 Å². The molecule has 0 aromatic heterocycles. The Balaban J connectivity index is 1.99. The molecule has 0 spiro atoms. The van der Waals surface area contributed by atoms with Crippen LogP contribution in [0, 0.1) is 5.92 Å². The first-order valence-electron chi connectivity index (χ1n) is 6.32. The lowest BCUT2D eigenvalue weighted by Crippen LogP contribution is -2.50. The predicted molar refractivity (Wildman–Crippen MR) is 66.2 cm³/mol. The van der Waals surface area contributed by atoms with Crippen LogP contribution in [0.25, 0.3) is 0 Å². The number of likely N-dealkylation sites (N-methyl/N-ethyl adjacent to an activating group) is 1. The van der Waals surface area contributed by atoms with E-state index in [0.717, 1.165) is 31.6 Å². The first kappa shape index (κ1) is 12.9. The molecule has 1 atom stereocenters. The van der Waals surface area contributed by atoms with Gasteiger partial charge >= 0.3 is 0 Å². The highest BCUT2D eigenvalue weighted by atomic mass is 15.2. The van der Waals surface area contributed by atoms with Crippen LogP contribution in [0.4, 0.5) is 0 Å². The fourth-order valence-electron chi connectivity index (χ4n) is 1.97. The fraction of sp³-hybridized carbons (Fsp3) is 1.00. The summed E-state index contributed by atoms with van der Waals surface area (Å²) < 4.78 is 0. The second-order valence-corrected chi connectivity index (χ2v) is 5.06. The molecule has 1 rings (SSSR count). The summed E-state index contributed by atoms with van der Waals surface area (Å²) in [6.45, 7) is 10.4. The van der Waals surface area contributed by atoms with Gasteiger partial charge in [-0.05, 0) is 38.9 Å². The molecule has 1 heterocycles. The second-order valence-electron chi connectivity index (χ2n) is 5.06. The minimum atomic E-state index is 0.727. The van der Waals surface area contributed by atoms with Gasteiger partial charge in [0.05, 0.1) is 0 Å². The highest BCUT2D eigenvalue weighted by molar-refractivity contribution is 4.77. The van der Waals surface area contributed by atoms with E-state index in [1.165, 1.54) is 25.9 Å². The Labute approximate surface area is 94.6 Å². The molecule has 0 radical (unpaired) electrons. The van der Waals surface area contributed by atoms with Gasteiger partial charge in [0.1, 0.15) is 0 Å². The molecule has 0 aliphatic carbocycles. The zero-order valence-electron chi connectivity index (χ0n) is 10.6. The zero-order chi connectivity index (χ0) is 11.1. The van der Waals surface area contributed by atoms with Gasteiger partial charge in [0, 0.05) is 25.7 Å². The molecule has 1 aliphatic heterocycles. The van der Waals surface area contributed by atoms with Crippen molar-refractivity contribution >= 4 is 0 Å². The minimum Gasteiger partial charge on any atom is -0.317 e. The van der Waals surface area contributed by atoms with Crippen LogP contribution in [-0.2, 0) is 0 Å². The molecule has 0 aromatic rings. The van der Waals surface area contributed by atoms with Crippen LogP contribution in [0.1, 0.15) is 26.7 Å². The highest BCUT2D eigenvalue weighted by Gasteiger charge is 2.17. The maximum absolute atomic E-state index is 3.53. The van der Waals surface area contributed by atoms with E-state index in [1.807, 2.05) is 0 Å². The third kappa shape index (κ3) is 5.50. The largest absolute Gasteiger partial charge is 0.317 e. The van der Waals surface area contributed by atoms with Crippen molar-refractivity contribution in [3.8, 4) is 0 Å². The molecule has 0 saturated carbocycles. The van der Waals surface area contributed by atoms with E-state index >= 15 is 0 Å². The molecule has 1 unspecified atom stereocenters. The highest BCUT2D eigenvalue weighted by Crippen LogP contribution is 2.03. The monoisotopic (exact) mass is 213 g/mol. The molecular formula is C12H27N3. The topological polar surface area (TPSA) is 27.3 Å². The molecule has 90 valence electrons. The molecule has 1 fully saturated rings. The molecule has 0 aromatic carbocycles. The van der Waals surface area contributed by atoms with Gasteiger partial charge in [0.2, 0.25) is 0 Å². The van der Waals surface area contributed by atoms with E-state index in [4.69, 9.17) is 0 Å². The summed E-state index contributed by atoms with van der Waals surface area (Å²) in [6, 6.07) is 0.727. The number of rotatable bonds is 6. The molecule has 15 heavy (non-hydrogen) atoms. The average Bonchev–Trinajstić information content (AvgIpc) is 2.20. The number of nitrogens with zero attached hydrogens (tertiary/aromatic N) is 1.